The third-order valence-corrected chi connectivity index (χ3v) is 3.37. The minimum absolute atomic E-state index is 0.0265. The summed E-state index contributed by atoms with van der Waals surface area (Å²) in [5, 5.41) is 22.7. The molecule has 0 radical (unpaired) electrons. The van der Waals surface area contributed by atoms with Gasteiger partial charge in [-0.15, -0.1) is 0 Å². The van der Waals surface area contributed by atoms with E-state index in [2.05, 4.69) is 5.32 Å². The number of carboxylic acid groups (broad SMARTS) is 1. The number of rotatable bonds is 7. The Balaban J connectivity index is 1.95. The molecule has 26 heavy (non-hydrogen) atoms. The molecule has 0 aliphatic heterocycles. The molecule has 2 rings (SSSR count). The number of hydrogen-bond donors (Lipinski definition) is 2. The Morgan fingerprint density at radius 1 is 1.15 bits per heavy atom. The van der Waals surface area contributed by atoms with Crippen LogP contribution in [0.25, 0.3) is 6.08 Å². The maximum atomic E-state index is 11.6. The van der Waals surface area contributed by atoms with Gasteiger partial charge in [0.25, 0.3) is 5.69 Å². The summed E-state index contributed by atoms with van der Waals surface area (Å²) in [5.41, 5.74) is 0.281. The van der Waals surface area contributed by atoms with Crippen molar-refractivity contribution in [2.24, 2.45) is 0 Å². The molecule has 134 valence electrons. The SMILES string of the molecule is O=C(NCC=Cc1c(C(=O)O)cccc1[N+](=O)[O-])OCc1ccccc1. The van der Waals surface area contributed by atoms with Crippen molar-refractivity contribution in [1.82, 2.24) is 5.32 Å². The predicted octanol–water partition coefficient (Wildman–Crippen LogP) is 3.23. The maximum Gasteiger partial charge on any atom is 0.407 e. The molecule has 2 aromatic carbocycles. The molecule has 0 bridgehead atoms. The third-order valence-electron chi connectivity index (χ3n) is 3.37. The summed E-state index contributed by atoms with van der Waals surface area (Å²) in [5.74, 6) is -1.27. The smallest absolute Gasteiger partial charge is 0.407 e. The van der Waals surface area contributed by atoms with E-state index in [4.69, 9.17) is 9.84 Å². The van der Waals surface area contributed by atoms with Crippen LogP contribution in [-0.2, 0) is 11.3 Å². The number of nitro groups is 1. The first-order valence-corrected chi connectivity index (χ1v) is 7.61. The van der Waals surface area contributed by atoms with Crippen molar-refractivity contribution in [2.75, 3.05) is 6.54 Å². The first kappa shape index (κ1) is 18.7. The van der Waals surface area contributed by atoms with Gasteiger partial charge < -0.3 is 15.2 Å². The van der Waals surface area contributed by atoms with Crippen LogP contribution < -0.4 is 5.32 Å². The third kappa shape index (κ3) is 5.17. The number of carbonyl (C=O) groups excluding carboxylic acids is 1. The number of nitrogens with one attached hydrogen (secondary N) is 1. The Kier molecular flexibility index (Phi) is 6.44. The van der Waals surface area contributed by atoms with Crippen LogP contribution in [0.3, 0.4) is 0 Å². The zero-order chi connectivity index (χ0) is 18.9. The summed E-state index contributed by atoms with van der Waals surface area (Å²) in [6, 6.07) is 12.9. The molecule has 8 heteroatoms. The number of aromatic carboxylic acids is 1. The van der Waals surface area contributed by atoms with Crippen LogP contribution >= 0.6 is 0 Å². The fourth-order valence-corrected chi connectivity index (χ4v) is 2.17. The first-order valence-electron chi connectivity index (χ1n) is 7.61. The number of carboxylic acids is 1. The van der Waals surface area contributed by atoms with Crippen LogP contribution in [0.2, 0.25) is 0 Å². The van der Waals surface area contributed by atoms with Gasteiger partial charge in [-0.2, -0.15) is 0 Å². The van der Waals surface area contributed by atoms with Gasteiger partial charge in [0.15, 0.2) is 0 Å². The summed E-state index contributed by atoms with van der Waals surface area (Å²) < 4.78 is 5.02. The Hall–Kier alpha value is -3.68. The van der Waals surface area contributed by atoms with E-state index in [9.17, 15) is 19.7 Å². The standard InChI is InChI=1S/C18H16N2O6/c21-17(22)15-8-4-10-16(20(24)25)14(15)9-5-11-19-18(23)26-12-13-6-2-1-3-7-13/h1-10H,11-12H2,(H,19,23)(H,21,22). The van der Waals surface area contributed by atoms with E-state index in [0.29, 0.717) is 0 Å². The van der Waals surface area contributed by atoms with Crippen molar-refractivity contribution < 1.29 is 24.4 Å². The minimum atomic E-state index is -1.27. The predicted molar refractivity (Wildman–Crippen MR) is 93.7 cm³/mol. The molecule has 0 heterocycles. The normalized spacial score (nSPS) is 10.5. The molecule has 0 unspecified atom stereocenters. The van der Waals surface area contributed by atoms with Gasteiger partial charge >= 0.3 is 12.1 Å². The molecule has 2 N–H and O–H groups in total. The minimum Gasteiger partial charge on any atom is -0.478 e. The number of alkyl carbamates (subject to hydrolysis) is 1. The van der Waals surface area contributed by atoms with Gasteiger partial charge in [0.05, 0.1) is 16.1 Å². The summed E-state index contributed by atoms with van der Waals surface area (Å²) in [7, 11) is 0. The van der Waals surface area contributed by atoms with E-state index in [1.54, 1.807) is 0 Å². The Morgan fingerprint density at radius 3 is 2.54 bits per heavy atom. The molecule has 0 aliphatic carbocycles. The van der Waals surface area contributed by atoms with Gasteiger partial charge in [0, 0.05) is 12.6 Å². The van der Waals surface area contributed by atoms with Crippen molar-refractivity contribution in [2.45, 2.75) is 6.61 Å². The van der Waals surface area contributed by atoms with Gasteiger partial charge in [-0.05, 0) is 17.7 Å². The Morgan fingerprint density at radius 2 is 1.88 bits per heavy atom. The first-order chi connectivity index (χ1) is 12.5. The second-order valence-electron chi connectivity index (χ2n) is 5.15. The monoisotopic (exact) mass is 356 g/mol. The lowest BCUT2D eigenvalue weighted by molar-refractivity contribution is -0.385. The molecule has 0 atom stereocenters. The highest BCUT2D eigenvalue weighted by Gasteiger charge is 2.18. The zero-order valence-electron chi connectivity index (χ0n) is 13.6. The van der Waals surface area contributed by atoms with Gasteiger partial charge in [0.2, 0.25) is 0 Å². The summed E-state index contributed by atoms with van der Waals surface area (Å²) >= 11 is 0. The number of hydrogen-bond acceptors (Lipinski definition) is 5. The molecular formula is C18H16N2O6. The fraction of sp³-hybridized carbons (Fsp3) is 0.111. The molecule has 8 nitrogen and oxygen atoms in total. The number of amides is 1. The number of ether oxygens (including phenoxy) is 1. The van der Waals surface area contributed by atoms with E-state index >= 15 is 0 Å². The summed E-state index contributed by atoms with van der Waals surface area (Å²) in [4.78, 5) is 33.2. The van der Waals surface area contributed by atoms with E-state index in [0.717, 1.165) is 5.56 Å². The van der Waals surface area contributed by atoms with Crippen LogP contribution in [0.1, 0.15) is 21.5 Å². The van der Waals surface area contributed by atoms with E-state index in [1.807, 2.05) is 30.3 Å². The zero-order valence-corrected chi connectivity index (χ0v) is 13.6. The van der Waals surface area contributed by atoms with Crippen molar-refractivity contribution in [1.29, 1.82) is 0 Å². The van der Waals surface area contributed by atoms with Crippen molar-refractivity contribution in [3.05, 3.63) is 81.4 Å². The highest BCUT2D eigenvalue weighted by Crippen LogP contribution is 2.23. The molecule has 0 spiro atoms. The fourth-order valence-electron chi connectivity index (χ4n) is 2.17. The van der Waals surface area contributed by atoms with Gasteiger partial charge in [-0.25, -0.2) is 9.59 Å². The molecule has 0 saturated carbocycles. The average molecular weight is 356 g/mol. The number of nitrogens with zero attached hydrogens (tertiary/aromatic N) is 1. The van der Waals surface area contributed by atoms with E-state index < -0.39 is 17.0 Å². The van der Waals surface area contributed by atoms with Crippen molar-refractivity contribution in [3.63, 3.8) is 0 Å². The second kappa shape index (κ2) is 8.97. The topological polar surface area (TPSA) is 119 Å². The lowest BCUT2D eigenvalue weighted by Crippen LogP contribution is -2.24. The summed E-state index contributed by atoms with van der Waals surface area (Å²) in [6.07, 6.45) is 2.05. The molecular weight excluding hydrogens is 340 g/mol. The van der Waals surface area contributed by atoms with E-state index in [-0.39, 0.29) is 30.0 Å². The van der Waals surface area contributed by atoms with Gasteiger partial charge in [-0.3, -0.25) is 10.1 Å². The maximum absolute atomic E-state index is 11.6. The van der Waals surface area contributed by atoms with Crippen molar-refractivity contribution >= 4 is 23.8 Å². The largest absolute Gasteiger partial charge is 0.478 e. The molecule has 0 aliphatic rings. The van der Waals surface area contributed by atoms with Gasteiger partial charge in [-0.1, -0.05) is 42.5 Å². The average Bonchev–Trinajstić information content (AvgIpc) is 2.64. The van der Waals surface area contributed by atoms with Crippen LogP contribution in [-0.4, -0.2) is 28.6 Å². The van der Waals surface area contributed by atoms with Crippen LogP contribution in [0.4, 0.5) is 10.5 Å². The lowest BCUT2D eigenvalue weighted by atomic mass is 10.0. The van der Waals surface area contributed by atoms with Gasteiger partial charge in [0.1, 0.15) is 6.61 Å². The van der Waals surface area contributed by atoms with Crippen LogP contribution in [0, 0.1) is 10.1 Å². The Bertz CT molecular complexity index is 801. The molecule has 0 fully saturated rings. The van der Waals surface area contributed by atoms with E-state index in [1.165, 1.54) is 30.4 Å². The van der Waals surface area contributed by atoms with Crippen LogP contribution in [0.5, 0.6) is 0 Å². The quantitative estimate of drug-likeness (QED) is 0.581. The molecule has 0 aromatic heterocycles. The van der Waals surface area contributed by atoms with Crippen LogP contribution in [0.15, 0.2) is 54.6 Å². The second-order valence-corrected chi connectivity index (χ2v) is 5.15. The number of carbonyl (C=O) groups is 2. The highest BCUT2D eigenvalue weighted by atomic mass is 16.6. The highest BCUT2D eigenvalue weighted by molar-refractivity contribution is 5.94. The van der Waals surface area contributed by atoms with Crippen molar-refractivity contribution in [3.8, 4) is 0 Å². The summed E-state index contributed by atoms with van der Waals surface area (Å²) in [6.45, 7) is 0.141. The molecule has 0 saturated heterocycles. The number of nitro benzene ring substituents is 1. The lowest BCUT2D eigenvalue weighted by Gasteiger charge is -2.05. The molecule has 1 amide bonds. The Labute approximate surface area is 148 Å². The molecule has 2 aromatic rings. The number of benzene rings is 2.